The molecule has 2 fully saturated rings. The molecule has 0 saturated carbocycles. The van der Waals surface area contributed by atoms with E-state index in [2.05, 4.69) is 10.2 Å². The summed E-state index contributed by atoms with van der Waals surface area (Å²) >= 11 is 0. The summed E-state index contributed by atoms with van der Waals surface area (Å²) in [5, 5.41) is 23.0. The van der Waals surface area contributed by atoms with E-state index in [1.807, 2.05) is 0 Å². The fourth-order valence-corrected chi connectivity index (χ4v) is 3.56. The van der Waals surface area contributed by atoms with Gasteiger partial charge in [0, 0.05) is 51.5 Å². The first-order valence-electron chi connectivity index (χ1n) is 7.79. The van der Waals surface area contributed by atoms with Gasteiger partial charge in [0.2, 0.25) is 0 Å². The van der Waals surface area contributed by atoms with E-state index in [0.29, 0.717) is 5.92 Å². The number of nitrogens with zero attached hydrogens (tertiary/aromatic N) is 1. The average Bonchev–Trinajstić information content (AvgIpc) is 2.49. The Labute approximate surface area is 149 Å². The van der Waals surface area contributed by atoms with E-state index in [4.69, 9.17) is 4.74 Å². The maximum atomic E-state index is 9.82. The van der Waals surface area contributed by atoms with Gasteiger partial charge in [0.1, 0.15) is 11.5 Å². The normalized spacial score (nSPS) is 21.0. The predicted octanol–water partition coefficient (Wildman–Crippen LogP) is 2.31. The molecule has 23 heavy (non-hydrogen) atoms. The Morgan fingerprint density at radius 1 is 1.00 bits per heavy atom. The number of phenolic OH excluding ortho intramolecular Hbond substituents is 2. The minimum Gasteiger partial charge on any atom is -0.508 e. The van der Waals surface area contributed by atoms with Gasteiger partial charge in [0.15, 0.2) is 0 Å². The summed E-state index contributed by atoms with van der Waals surface area (Å²) < 4.78 is 5.49. The van der Waals surface area contributed by atoms with E-state index < -0.39 is 0 Å². The van der Waals surface area contributed by atoms with Crippen LogP contribution in [0.2, 0.25) is 0 Å². The van der Waals surface area contributed by atoms with Gasteiger partial charge in [0.25, 0.3) is 0 Å². The van der Waals surface area contributed by atoms with E-state index in [9.17, 15) is 10.2 Å². The maximum absolute atomic E-state index is 9.82. The van der Waals surface area contributed by atoms with Gasteiger partial charge in [0.05, 0.1) is 0 Å². The highest BCUT2D eigenvalue weighted by Crippen LogP contribution is 2.37. The van der Waals surface area contributed by atoms with Crippen LogP contribution in [0.15, 0.2) is 18.2 Å². The predicted molar refractivity (Wildman–Crippen MR) is 95.0 cm³/mol. The topological polar surface area (TPSA) is 65.0 Å². The molecule has 0 radical (unpaired) electrons. The molecule has 132 valence electrons. The molecule has 0 spiro atoms. The van der Waals surface area contributed by atoms with Crippen LogP contribution in [0.5, 0.6) is 11.5 Å². The molecule has 0 aliphatic carbocycles. The molecule has 1 aromatic rings. The highest BCUT2D eigenvalue weighted by molar-refractivity contribution is 5.85. The second-order valence-electron chi connectivity index (χ2n) is 5.96. The standard InChI is InChI=1S/C16H24N2O3.2ClH/c19-14-9-13(10-15(20)11-14)16(12-1-7-21-8-2-12)18-5-3-17-4-6-18;;/h9-12,16-17,19-20H,1-8H2;2*1H/t16-;;/m0../s1. The number of hydrogen-bond acceptors (Lipinski definition) is 5. The summed E-state index contributed by atoms with van der Waals surface area (Å²) in [5.41, 5.74) is 1.02. The molecule has 0 amide bonds. The Bertz CT molecular complexity index is 440. The van der Waals surface area contributed by atoms with Crippen molar-refractivity contribution in [3.8, 4) is 11.5 Å². The molecular weight excluding hydrogens is 339 g/mol. The van der Waals surface area contributed by atoms with Crippen molar-refractivity contribution in [3.63, 3.8) is 0 Å². The monoisotopic (exact) mass is 364 g/mol. The maximum Gasteiger partial charge on any atom is 0.119 e. The number of phenols is 2. The molecule has 0 aromatic heterocycles. The second-order valence-corrected chi connectivity index (χ2v) is 5.96. The molecule has 1 aromatic carbocycles. The SMILES string of the molecule is Cl.Cl.Oc1cc(O)cc([C@H](C2CCOCC2)N2CCNCC2)c1. The van der Waals surface area contributed by atoms with E-state index in [1.165, 1.54) is 6.07 Å². The summed E-state index contributed by atoms with van der Waals surface area (Å²) in [4.78, 5) is 2.47. The van der Waals surface area contributed by atoms with Gasteiger partial charge >= 0.3 is 0 Å². The third-order valence-electron chi connectivity index (χ3n) is 4.52. The van der Waals surface area contributed by atoms with Crippen molar-refractivity contribution in [2.45, 2.75) is 18.9 Å². The van der Waals surface area contributed by atoms with Crippen LogP contribution in [-0.4, -0.2) is 54.5 Å². The number of nitrogens with one attached hydrogen (secondary N) is 1. The van der Waals surface area contributed by atoms with Gasteiger partial charge < -0.3 is 20.3 Å². The van der Waals surface area contributed by atoms with Crippen LogP contribution in [0, 0.1) is 5.92 Å². The summed E-state index contributed by atoms with van der Waals surface area (Å²) in [6.07, 6.45) is 2.07. The van der Waals surface area contributed by atoms with Crippen LogP contribution in [0.4, 0.5) is 0 Å². The van der Waals surface area contributed by atoms with Crippen LogP contribution in [0.25, 0.3) is 0 Å². The van der Waals surface area contributed by atoms with E-state index in [0.717, 1.165) is 57.8 Å². The van der Waals surface area contributed by atoms with Crippen molar-refractivity contribution >= 4 is 24.8 Å². The van der Waals surface area contributed by atoms with E-state index in [-0.39, 0.29) is 42.4 Å². The summed E-state index contributed by atoms with van der Waals surface area (Å²) in [6.45, 7) is 5.59. The highest BCUT2D eigenvalue weighted by atomic mass is 35.5. The highest BCUT2D eigenvalue weighted by Gasteiger charge is 2.31. The van der Waals surface area contributed by atoms with Crippen molar-refractivity contribution in [1.82, 2.24) is 10.2 Å². The van der Waals surface area contributed by atoms with Crippen LogP contribution in [-0.2, 0) is 4.74 Å². The number of ether oxygens (including phenoxy) is 1. The van der Waals surface area contributed by atoms with Crippen LogP contribution >= 0.6 is 24.8 Å². The molecule has 2 aliphatic rings. The third-order valence-corrected chi connectivity index (χ3v) is 4.52. The van der Waals surface area contributed by atoms with Gasteiger partial charge in [-0.25, -0.2) is 0 Å². The van der Waals surface area contributed by atoms with Crippen LogP contribution in [0.3, 0.4) is 0 Å². The Morgan fingerprint density at radius 2 is 1.57 bits per heavy atom. The number of halogens is 2. The number of benzene rings is 1. The molecule has 3 N–H and O–H groups in total. The molecule has 3 rings (SSSR count). The Hall–Kier alpha value is -0.720. The van der Waals surface area contributed by atoms with Crippen molar-refractivity contribution in [2.24, 2.45) is 5.92 Å². The van der Waals surface area contributed by atoms with Gasteiger partial charge in [-0.3, -0.25) is 4.90 Å². The fourth-order valence-electron chi connectivity index (χ4n) is 3.56. The molecule has 1 atom stereocenters. The van der Waals surface area contributed by atoms with Gasteiger partial charge in [-0.2, -0.15) is 0 Å². The minimum absolute atomic E-state index is 0. The zero-order chi connectivity index (χ0) is 14.7. The first-order chi connectivity index (χ1) is 10.2. The van der Waals surface area contributed by atoms with Gasteiger partial charge in [-0.1, -0.05) is 0 Å². The Kier molecular flexibility index (Phi) is 8.44. The largest absolute Gasteiger partial charge is 0.508 e. The lowest BCUT2D eigenvalue weighted by molar-refractivity contribution is 0.0212. The first kappa shape index (κ1) is 20.3. The first-order valence-corrected chi connectivity index (χ1v) is 7.79. The zero-order valence-corrected chi connectivity index (χ0v) is 14.7. The van der Waals surface area contributed by atoms with Gasteiger partial charge in [-0.15, -0.1) is 24.8 Å². The molecular formula is C16H26Cl2N2O3. The lowest BCUT2D eigenvalue weighted by Gasteiger charge is -2.41. The Morgan fingerprint density at radius 3 is 2.13 bits per heavy atom. The number of piperazine rings is 1. The average molecular weight is 365 g/mol. The number of aromatic hydroxyl groups is 2. The van der Waals surface area contributed by atoms with Crippen molar-refractivity contribution in [3.05, 3.63) is 23.8 Å². The van der Waals surface area contributed by atoms with Crippen LogP contribution < -0.4 is 5.32 Å². The molecule has 0 unspecified atom stereocenters. The van der Waals surface area contributed by atoms with E-state index >= 15 is 0 Å². The summed E-state index contributed by atoms with van der Waals surface area (Å²) in [6, 6.07) is 5.22. The lowest BCUT2D eigenvalue weighted by atomic mass is 9.85. The second kappa shape index (κ2) is 9.55. The number of hydrogen-bond donors (Lipinski definition) is 3. The smallest absolute Gasteiger partial charge is 0.119 e. The summed E-state index contributed by atoms with van der Waals surface area (Å²) in [5.74, 6) is 0.785. The lowest BCUT2D eigenvalue weighted by Crippen LogP contribution is -2.47. The molecule has 5 nitrogen and oxygen atoms in total. The zero-order valence-electron chi connectivity index (χ0n) is 13.1. The molecule has 2 saturated heterocycles. The molecule has 7 heteroatoms. The third kappa shape index (κ3) is 5.13. The van der Waals surface area contributed by atoms with Crippen LogP contribution in [0.1, 0.15) is 24.4 Å². The van der Waals surface area contributed by atoms with Crippen molar-refractivity contribution in [1.29, 1.82) is 0 Å². The van der Waals surface area contributed by atoms with Crippen molar-refractivity contribution < 1.29 is 14.9 Å². The molecule has 2 heterocycles. The fraction of sp³-hybridized carbons (Fsp3) is 0.625. The molecule has 2 aliphatic heterocycles. The minimum atomic E-state index is 0. The quantitative estimate of drug-likeness (QED) is 0.767. The molecule has 0 bridgehead atoms. The van der Waals surface area contributed by atoms with Crippen molar-refractivity contribution in [2.75, 3.05) is 39.4 Å². The summed E-state index contributed by atoms with van der Waals surface area (Å²) in [7, 11) is 0. The van der Waals surface area contributed by atoms with E-state index in [1.54, 1.807) is 12.1 Å². The van der Waals surface area contributed by atoms with Gasteiger partial charge in [-0.05, 0) is 36.5 Å². The number of rotatable bonds is 3. The Balaban J connectivity index is 0.00000132.